The third-order valence-electron chi connectivity index (χ3n) is 6.96. The van der Waals surface area contributed by atoms with Gasteiger partial charge in [-0.15, -0.1) is 0 Å². The number of fused-ring (bicyclic) bond motifs is 1. The number of ether oxygens (including phenoxy) is 2. The van der Waals surface area contributed by atoms with E-state index in [0.717, 1.165) is 0 Å². The van der Waals surface area contributed by atoms with Crippen LogP contribution in [0.4, 0.5) is 0 Å². The van der Waals surface area contributed by atoms with Gasteiger partial charge in [0.1, 0.15) is 28.6 Å². The molecular formula is C31H39NO8. The van der Waals surface area contributed by atoms with Crippen LogP contribution in [0.2, 0.25) is 0 Å². The Bertz CT molecular complexity index is 1200. The first kappa shape index (κ1) is 30.7. The van der Waals surface area contributed by atoms with Crippen LogP contribution in [-0.2, 0) is 14.3 Å². The minimum absolute atomic E-state index is 0.0333. The van der Waals surface area contributed by atoms with Crippen molar-refractivity contribution in [1.29, 1.82) is 0 Å². The summed E-state index contributed by atoms with van der Waals surface area (Å²) in [6.07, 6.45) is 6.41. The van der Waals surface area contributed by atoms with E-state index in [9.17, 15) is 24.6 Å². The number of Topliss-reactive ketones (excluding diaryl/α,β-unsaturated/α-hetero) is 1. The monoisotopic (exact) mass is 553 g/mol. The van der Waals surface area contributed by atoms with Gasteiger partial charge < -0.3 is 30.1 Å². The highest BCUT2D eigenvalue weighted by Gasteiger charge is 2.30. The summed E-state index contributed by atoms with van der Waals surface area (Å²) in [5.74, 6) is -1.87. The molecule has 0 saturated heterocycles. The van der Waals surface area contributed by atoms with Crippen molar-refractivity contribution in [2.45, 2.75) is 70.3 Å². The number of carbonyl (C=O) groups is 3. The molecule has 0 fully saturated rings. The number of nitrogens with one attached hydrogen (secondary N) is 1. The summed E-state index contributed by atoms with van der Waals surface area (Å²) in [7, 11) is 1.53. The van der Waals surface area contributed by atoms with Crippen LogP contribution in [0.25, 0.3) is 6.08 Å². The third-order valence-corrected chi connectivity index (χ3v) is 6.96. The van der Waals surface area contributed by atoms with Crippen molar-refractivity contribution in [3.8, 4) is 17.2 Å². The smallest absolute Gasteiger partial charge is 0.342 e. The molecular weight excluding hydrogens is 514 g/mol. The third kappa shape index (κ3) is 8.32. The van der Waals surface area contributed by atoms with Gasteiger partial charge in [0, 0.05) is 43.9 Å². The standard InChI is InChI=1S/C31H39NO8/c1-20-8-6-11-23(34)10-5-3-4-9-22-18-26(35)29(30(37)28(22)31(38)40-20)25(19-27(36)32-16-7-17-33)21-12-14-24(39-2)15-13-21/h4,9,12-15,18,20,25,33,35,37H,3,5-8,10-11,16-17,19H2,1-2H3,(H,32,36)/t20-,25?/m0/s1. The van der Waals surface area contributed by atoms with Crippen molar-refractivity contribution < 1.29 is 39.2 Å². The first-order valence-electron chi connectivity index (χ1n) is 13.7. The lowest BCUT2D eigenvalue weighted by atomic mass is 9.84. The number of methoxy groups -OCH3 is 1. The minimum atomic E-state index is -0.807. The Labute approximate surface area is 234 Å². The number of phenols is 2. The minimum Gasteiger partial charge on any atom is -0.507 e. The van der Waals surface area contributed by atoms with E-state index < -0.39 is 23.7 Å². The van der Waals surface area contributed by atoms with E-state index in [0.29, 0.717) is 56.3 Å². The van der Waals surface area contributed by atoms with E-state index in [-0.39, 0.29) is 53.7 Å². The molecule has 4 N–H and O–H groups in total. The SMILES string of the molecule is COc1ccc(C(CC(=O)NCCCO)c2c(O)cc3c(c2O)C(=O)O[C@@H](C)CCCC(=O)CCCC=C3)cc1. The summed E-state index contributed by atoms with van der Waals surface area (Å²) in [6, 6.07) is 8.28. The number of aliphatic hydroxyl groups excluding tert-OH is 1. The number of aliphatic hydroxyl groups is 1. The van der Waals surface area contributed by atoms with Crippen LogP contribution >= 0.6 is 0 Å². The fourth-order valence-corrected chi connectivity index (χ4v) is 4.81. The number of carbonyl (C=O) groups excluding carboxylic acids is 3. The summed E-state index contributed by atoms with van der Waals surface area (Å²) in [5, 5.41) is 34.5. The zero-order chi connectivity index (χ0) is 29.1. The van der Waals surface area contributed by atoms with Gasteiger partial charge in [0.05, 0.1) is 13.2 Å². The largest absolute Gasteiger partial charge is 0.507 e. The number of hydrogen-bond donors (Lipinski definition) is 4. The van der Waals surface area contributed by atoms with E-state index in [2.05, 4.69) is 5.32 Å². The molecule has 0 radical (unpaired) electrons. The molecule has 1 aliphatic heterocycles. The fraction of sp³-hybridized carbons (Fsp3) is 0.452. The number of benzene rings is 2. The lowest BCUT2D eigenvalue weighted by Gasteiger charge is -2.23. The maximum Gasteiger partial charge on any atom is 0.342 e. The predicted octanol–water partition coefficient (Wildman–Crippen LogP) is 4.61. The van der Waals surface area contributed by atoms with Crippen LogP contribution in [0.15, 0.2) is 36.4 Å². The van der Waals surface area contributed by atoms with Crippen LogP contribution in [0.5, 0.6) is 17.2 Å². The summed E-state index contributed by atoms with van der Waals surface area (Å²) >= 11 is 0. The van der Waals surface area contributed by atoms with Gasteiger partial charge in [-0.1, -0.05) is 24.3 Å². The maximum absolute atomic E-state index is 13.4. The molecule has 0 saturated carbocycles. The van der Waals surface area contributed by atoms with Crippen molar-refractivity contribution >= 4 is 23.7 Å². The topological polar surface area (TPSA) is 142 Å². The second kappa shape index (κ2) is 15.1. The summed E-state index contributed by atoms with van der Waals surface area (Å²) in [6.45, 7) is 1.94. The van der Waals surface area contributed by atoms with Gasteiger partial charge >= 0.3 is 5.97 Å². The highest BCUT2D eigenvalue weighted by molar-refractivity contribution is 5.98. The number of hydrogen-bond acceptors (Lipinski definition) is 8. The van der Waals surface area contributed by atoms with E-state index in [1.54, 1.807) is 43.3 Å². The van der Waals surface area contributed by atoms with Crippen molar-refractivity contribution in [1.82, 2.24) is 5.32 Å². The molecule has 3 rings (SSSR count). The van der Waals surface area contributed by atoms with Gasteiger partial charge in [-0.3, -0.25) is 9.59 Å². The number of aromatic hydroxyl groups is 2. The molecule has 2 aromatic carbocycles. The molecule has 2 atom stereocenters. The van der Waals surface area contributed by atoms with E-state index in [4.69, 9.17) is 14.6 Å². The van der Waals surface area contributed by atoms with Crippen molar-refractivity contribution in [2.75, 3.05) is 20.3 Å². The Kier molecular flexibility index (Phi) is 11.6. The van der Waals surface area contributed by atoms with Crippen molar-refractivity contribution in [3.63, 3.8) is 0 Å². The van der Waals surface area contributed by atoms with Gasteiger partial charge in [-0.2, -0.15) is 0 Å². The molecule has 1 unspecified atom stereocenters. The first-order chi connectivity index (χ1) is 19.2. The molecule has 40 heavy (non-hydrogen) atoms. The van der Waals surface area contributed by atoms with Crippen LogP contribution < -0.4 is 10.1 Å². The van der Waals surface area contributed by atoms with E-state index >= 15 is 0 Å². The molecule has 0 aromatic heterocycles. The number of ketones is 1. The van der Waals surface area contributed by atoms with Crippen molar-refractivity contribution in [2.24, 2.45) is 0 Å². The van der Waals surface area contributed by atoms with Crippen LogP contribution in [0.3, 0.4) is 0 Å². The number of allylic oxidation sites excluding steroid dienone is 1. The molecule has 1 amide bonds. The molecule has 1 aliphatic rings. The second-order valence-electron chi connectivity index (χ2n) is 10.0. The highest BCUT2D eigenvalue weighted by Crippen LogP contribution is 2.44. The Morgan fingerprint density at radius 1 is 1.15 bits per heavy atom. The number of phenolic OH excluding ortho intramolecular Hbond substituents is 2. The van der Waals surface area contributed by atoms with E-state index in [1.165, 1.54) is 13.2 Å². The average molecular weight is 554 g/mol. The lowest BCUT2D eigenvalue weighted by molar-refractivity contribution is -0.121. The van der Waals surface area contributed by atoms with Gasteiger partial charge in [0.2, 0.25) is 5.91 Å². The zero-order valence-corrected chi connectivity index (χ0v) is 23.2. The van der Waals surface area contributed by atoms with Crippen molar-refractivity contribution in [3.05, 3.63) is 58.7 Å². The van der Waals surface area contributed by atoms with Crippen LogP contribution in [-0.4, -0.2) is 59.3 Å². The molecule has 0 aliphatic carbocycles. The summed E-state index contributed by atoms with van der Waals surface area (Å²) in [4.78, 5) is 38.3. The van der Waals surface area contributed by atoms with Crippen LogP contribution in [0.1, 0.15) is 91.3 Å². The molecule has 9 nitrogen and oxygen atoms in total. The normalized spacial score (nSPS) is 17.3. The van der Waals surface area contributed by atoms with Gasteiger partial charge in [0.15, 0.2) is 0 Å². The highest BCUT2D eigenvalue weighted by atomic mass is 16.5. The number of rotatable bonds is 8. The van der Waals surface area contributed by atoms with Gasteiger partial charge in [0.25, 0.3) is 0 Å². The average Bonchev–Trinajstić information content (AvgIpc) is 2.91. The molecule has 216 valence electrons. The number of amides is 1. The first-order valence-corrected chi connectivity index (χ1v) is 13.7. The van der Waals surface area contributed by atoms with Gasteiger partial charge in [-0.25, -0.2) is 4.79 Å². The number of cyclic esters (lactones) is 1. The van der Waals surface area contributed by atoms with E-state index in [1.807, 2.05) is 0 Å². The molecule has 9 heteroatoms. The molecule has 0 spiro atoms. The lowest BCUT2D eigenvalue weighted by Crippen LogP contribution is -2.27. The maximum atomic E-state index is 13.4. The summed E-state index contributed by atoms with van der Waals surface area (Å²) in [5.41, 5.74) is 0.834. The zero-order valence-electron chi connectivity index (χ0n) is 23.2. The predicted molar refractivity (Wildman–Crippen MR) is 151 cm³/mol. The second-order valence-corrected chi connectivity index (χ2v) is 10.0. The number of esters is 1. The Morgan fingerprint density at radius 2 is 1.88 bits per heavy atom. The van der Waals surface area contributed by atoms with Gasteiger partial charge in [-0.05, 0) is 68.4 Å². The molecule has 1 heterocycles. The molecule has 2 aromatic rings. The Hall–Kier alpha value is -3.85. The Morgan fingerprint density at radius 3 is 2.58 bits per heavy atom. The fourth-order valence-electron chi connectivity index (χ4n) is 4.81. The van der Waals surface area contributed by atoms with Crippen LogP contribution in [0, 0.1) is 0 Å². The Balaban J connectivity index is 2.09. The quantitative estimate of drug-likeness (QED) is 0.274. The summed E-state index contributed by atoms with van der Waals surface area (Å²) < 4.78 is 10.9. The molecule has 0 bridgehead atoms.